The molecule has 5 nitrogen and oxygen atoms in total. The van der Waals surface area contributed by atoms with Crippen LogP contribution in [-0.2, 0) is 9.59 Å². The zero-order valence-electron chi connectivity index (χ0n) is 10.1. The third kappa shape index (κ3) is 5.11. The van der Waals surface area contributed by atoms with Crippen LogP contribution >= 0.6 is 0 Å². The summed E-state index contributed by atoms with van der Waals surface area (Å²) in [6.07, 6.45) is 1.66. The van der Waals surface area contributed by atoms with Crippen molar-refractivity contribution < 1.29 is 14.7 Å². The smallest absolute Gasteiger partial charge is 0.305 e. The Morgan fingerprint density at radius 2 is 2.00 bits per heavy atom. The van der Waals surface area contributed by atoms with Crippen LogP contribution in [0.4, 0.5) is 0 Å². The molecule has 3 N–H and O–H groups in total. The average molecular weight is 230 g/mol. The summed E-state index contributed by atoms with van der Waals surface area (Å²) in [6.45, 7) is 4.98. The lowest BCUT2D eigenvalue weighted by Crippen LogP contribution is -2.40. The van der Waals surface area contributed by atoms with E-state index >= 15 is 0 Å². The van der Waals surface area contributed by atoms with E-state index in [4.69, 9.17) is 10.8 Å². The first kappa shape index (κ1) is 14.9. The maximum atomic E-state index is 12.0. The van der Waals surface area contributed by atoms with E-state index in [1.54, 1.807) is 4.90 Å². The Labute approximate surface area is 96.6 Å². The van der Waals surface area contributed by atoms with E-state index in [-0.39, 0.29) is 24.8 Å². The van der Waals surface area contributed by atoms with Gasteiger partial charge in [-0.25, -0.2) is 0 Å². The third-order valence-corrected chi connectivity index (χ3v) is 2.56. The quantitative estimate of drug-likeness (QED) is 0.642. The van der Waals surface area contributed by atoms with Crippen molar-refractivity contribution >= 4 is 11.9 Å². The lowest BCUT2D eigenvalue weighted by Gasteiger charge is -2.24. The summed E-state index contributed by atoms with van der Waals surface area (Å²) in [5.74, 6) is -1.07. The van der Waals surface area contributed by atoms with Crippen LogP contribution in [0, 0.1) is 5.92 Å². The Hall–Kier alpha value is -1.10. The average Bonchev–Trinajstić information content (AvgIpc) is 2.26. The summed E-state index contributed by atoms with van der Waals surface area (Å²) in [6, 6.07) is 0. The second kappa shape index (κ2) is 8.10. The summed E-state index contributed by atoms with van der Waals surface area (Å²) >= 11 is 0. The molecule has 1 amide bonds. The number of hydrogen-bond acceptors (Lipinski definition) is 3. The van der Waals surface area contributed by atoms with Gasteiger partial charge in [0.15, 0.2) is 0 Å². The van der Waals surface area contributed by atoms with Crippen LogP contribution in [0.1, 0.15) is 33.1 Å². The van der Waals surface area contributed by atoms with Crippen molar-refractivity contribution in [3.63, 3.8) is 0 Å². The fourth-order valence-electron chi connectivity index (χ4n) is 1.60. The van der Waals surface area contributed by atoms with Gasteiger partial charge >= 0.3 is 5.97 Å². The van der Waals surface area contributed by atoms with E-state index in [1.165, 1.54) is 0 Å². The van der Waals surface area contributed by atoms with Crippen LogP contribution in [-0.4, -0.2) is 41.5 Å². The molecule has 0 heterocycles. The van der Waals surface area contributed by atoms with Crippen molar-refractivity contribution in [2.75, 3.05) is 19.6 Å². The fraction of sp³-hybridized carbons (Fsp3) is 0.818. The van der Waals surface area contributed by atoms with Crippen LogP contribution in [0.25, 0.3) is 0 Å². The molecule has 16 heavy (non-hydrogen) atoms. The van der Waals surface area contributed by atoms with Gasteiger partial charge in [-0.15, -0.1) is 0 Å². The molecule has 0 aromatic rings. The van der Waals surface area contributed by atoms with Crippen molar-refractivity contribution in [2.24, 2.45) is 11.7 Å². The van der Waals surface area contributed by atoms with E-state index < -0.39 is 5.97 Å². The summed E-state index contributed by atoms with van der Waals surface area (Å²) in [5.41, 5.74) is 5.54. The lowest BCUT2D eigenvalue weighted by molar-refractivity contribution is -0.139. The Morgan fingerprint density at radius 3 is 2.38 bits per heavy atom. The molecule has 0 aliphatic heterocycles. The highest BCUT2D eigenvalue weighted by atomic mass is 16.4. The number of hydrogen-bond donors (Lipinski definition) is 2. The van der Waals surface area contributed by atoms with Crippen LogP contribution in [0.2, 0.25) is 0 Å². The van der Waals surface area contributed by atoms with Gasteiger partial charge in [-0.2, -0.15) is 0 Å². The van der Waals surface area contributed by atoms with Gasteiger partial charge in [-0.1, -0.05) is 13.3 Å². The minimum Gasteiger partial charge on any atom is -0.481 e. The van der Waals surface area contributed by atoms with Gasteiger partial charge in [0.25, 0.3) is 0 Å². The lowest BCUT2D eigenvalue weighted by atomic mass is 10.0. The van der Waals surface area contributed by atoms with E-state index in [1.807, 2.05) is 13.8 Å². The molecule has 0 rings (SSSR count). The Morgan fingerprint density at radius 1 is 1.38 bits per heavy atom. The molecule has 0 aliphatic rings. The van der Waals surface area contributed by atoms with Gasteiger partial charge < -0.3 is 15.7 Å². The summed E-state index contributed by atoms with van der Waals surface area (Å²) < 4.78 is 0. The monoisotopic (exact) mass is 230 g/mol. The molecule has 0 radical (unpaired) electrons. The molecule has 0 bridgehead atoms. The molecule has 0 spiro atoms. The zero-order chi connectivity index (χ0) is 12.6. The number of rotatable bonds is 8. The number of amides is 1. The van der Waals surface area contributed by atoms with Crippen molar-refractivity contribution in [2.45, 2.75) is 33.1 Å². The zero-order valence-corrected chi connectivity index (χ0v) is 10.1. The standard InChI is InChI=1S/C11H22N2O3/c1-3-5-9(8-12)11(16)13(4-2)7-6-10(14)15/h9H,3-8,12H2,1-2H3,(H,14,15). The second-order valence-electron chi connectivity index (χ2n) is 3.78. The first-order chi connectivity index (χ1) is 7.56. The van der Waals surface area contributed by atoms with Gasteiger partial charge in [-0.05, 0) is 13.3 Å². The second-order valence-corrected chi connectivity index (χ2v) is 3.78. The summed E-state index contributed by atoms with van der Waals surface area (Å²) in [5, 5.41) is 8.58. The van der Waals surface area contributed by atoms with Crippen molar-refractivity contribution in [1.29, 1.82) is 0 Å². The maximum Gasteiger partial charge on any atom is 0.305 e. The number of carboxylic acids is 1. The molecule has 94 valence electrons. The molecular weight excluding hydrogens is 208 g/mol. The molecule has 1 atom stereocenters. The molecular formula is C11H22N2O3. The minimum absolute atomic E-state index is 0.0109. The predicted molar refractivity (Wildman–Crippen MR) is 62.0 cm³/mol. The molecule has 0 aromatic heterocycles. The van der Waals surface area contributed by atoms with Crippen LogP contribution < -0.4 is 5.73 Å². The van der Waals surface area contributed by atoms with Gasteiger partial charge in [0.1, 0.15) is 0 Å². The normalized spacial score (nSPS) is 12.2. The molecule has 0 saturated heterocycles. The van der Waals surface area contributed by atoms with E-state index in [0.717, 1.165) is 12.8 Å². The summed E-state index contributed by atoms with van der Waals surface area (Å²) in [7, 11) is 0. The highest BCUT2D eigenvalue weighted by Gasteiger charge is 2.21. The van der Waals surface area contributed by atoms with E-state index in [2.05, 4.69) is 0 Å². The minimum atomic E-state index is -0.883. The van der Waals surface area contributed by atoms with E-state index in [9.17, 15) is 9.59 Å². The van der Waals surface area contributed by atoms with Gasteiger partial charge in [0, 0.05) is 19.6 Å². The molecule has 0 fully saturated rings. The molecule has 0 saturated carbocycles. The van der Waals surface area contributed by atoms with Crippen molar-refractivity contribution in [1.82, 2.24) is 4.90 Å². The maximum absolute atomic E-state index is 12.0. The fourth-order valence-corrected chi connectivity index (χ4v) is 1.60. The number of aliphatic carboxylic acids is 1. The Kier molecular flexibility index (Phi) is 7.54. The summed E-state index contributed by atoms with van der Waals surface area (Å²) in [4.78, 5) is 24.0. The number of nitrogens with two attached hydrogens (primary N) is 1. The third-order valence-electron chi connectivity index (χ3n) is 2.56. The van der Waals surface area contributed by atoms with Crippen molar-refractivity contribution in [3.05, 3.63) is 0 Å². The predicted octanol–water partition coefficient (Wildman–Crippen LogP) is 0.685. The van der Waals surface area contributed by atoms with Gasteiger partial charge in [0.05, 0.1) is 12.3 Å². The van der Waals surface area contributed by atoms with Gasteiger partial charge in [0.2, 0.25) is 5.91 Å². The number of carboxylic acid groups (broad SMARTS) is 1. The largest absolute Gasteiger partial charge is 0.481 e. The van der Waals surface area contributed by atoms with Gasteiger partial charge in [-0.3, -0.25) is 9.59 Å². The SMILES string of the molecule is CCCC(CN)C(=O)N(CC)CCC(=O)O. The van der Waals surface area contributed by atoms with Crippen LogP contribution in [0.15, 0.2) is 0 Å². The molecule has 0 aliphatic carbocycles. The molecule has 5 heteroatoms. The molecule has 1 unspecified atom stereocenters. The molecule has 0 aromatic carbocycles. The highest BCUT2D eigenvalue weighted by molar-refractivity contribution is 5.79. The van der Waals surface area contributed by atoms with Crippen LogP contribution in [0.3, 0.4) is 0 Å². The first-order valence-corrected chi connectivity index (χ1v) is 5.77. The van der Waals surface area contributed by atoms with Crippen LogP contribution in [0.5, 0.6) is 0 Å². The first-order valence-electron chi connectivity index (χ1n) is 5.77. The number of nitrogens with zero attached hydrogens (tertiary/aromatic N) is 1. The Bertz CT molecular complexity index is 231. The number of carbonyl (C=O) groups is 2. The van der Waals surface area contributed by atoms with Crippen molar-refractivity contribution in [3.8, 4) is 0 Å². The topological polar surface area (TPSA) is 83.6 Å². The number of carbonyl (C=O) groups excluding carboxylic acids is 1. The Balaban J connectivity index is 4.31. The highest BCUT2D eigenvalue weighted by Crippen LogP contribution is 2.09. The van der Waals surface area contributed by atoms with E-state index in [0.29, 0.717) is 13.1 Å².